The number of hydrogen-bond acceptors (Lipinski definition) is 10. The number of nitrogens with zero attached hydrogens (tertiary/aromatic N) is 5. The first kappa shape index (κ1) is 41.7. The van der Waals surface area contributed by atoms with E-state index in [4.69, 9.17) is 0 Å². The van der Waals surface area contributed by atoms with Crippen molar-refractivity contribution in [2.45, 2.75) is 148 Å². The minimum absolute atomic E-state index is 0.000797. The van der Waals surface area contributed by atoms with Crippen LogP contribution in [-0.4, -0.2) is 128 Å². The predicted molar refractivity (Wildman–Crippen MR) is 202 cm³/mol. The molecule has 302 valence electrons. The maximum atomic E-state index is 15.1. The van der Waals surface area contributed by atoms with Crippen LogP contribution in [0.1, 0.15) is 116 Å². The largest absolute Gasteiger partial charge is 0.347 e. The van der Waals surface area contributed by atoms with Crippen LogP contribution in [0.25, 0.3) is 0 Å². The summed E-state index contributed by atoms with van der Waals surface area (Å²) in [5, 5.41) is 11.3. The molecule has 0 radical (unpaired) electrons. The summed E-state index contributed by atoms with van der Waals surface area (Å²) >= 11 is 0. The highest BCUT2D eigenvalue weighted by atomic mass is 16.2. The predicted octanol–water partition coefficient (Wildman–Crippen LogP) is 1.30. The lowest BCUT2D eigenvalue weighted by Crippen LogP contribution is -2.62. The molecule has 0 bridgehead atoms. The minimum Gasteiger partial charge on any atom is -0.347 e. The van der Waals surface area contributed by atoms with E-state index in [9.17, 15) is 28.8 Å². The first-order valence-corrected chi connectivity index (χ1v) is 19.9. The summed E-state index contributed by atoms with van der Waals surface area (Å²) in [4.78, 5) is 110. The Kier molecular flexibility index (Phi) is 13.0. The highest BCUT2D eigenvalue weighted by Gasteiger charge is 2.64. The van der Waals surface area contributed by atoms with Crippen molar-refractivity contribution in [2.24, 2.45) is 11.3 Å². The molecule has 5 rings (SSSR count). The van der Waals surface area contributed by atoms with Crippen LogP contribution in [0, 0.1) is 11.3 Å². The van der Waals surface area contributed by atoms with Crippen molar-refractivity contribution in [1.82, 2.24) is 45.9 Å². The molecule has 1 aromatic rings. The molecule has 0 aromatic carbocycles. The second-order valence-electron chi connectivity index (χ2n) is 17.0. The van der Waals surface area contributed by atoms with Gasteiger partial charge in [-0.3, -0.25) is 43.4 Å². The van der Waals surface area contributed by atoms with Gasteiger partial charge in [-0.05, 0) is 57.3 Å². The van der Waals surface area contributed by atoms with E-state index in [1.165, 1.54) is 23.5 Å². The zero-order chi connectivity index (χ0) is 40.2. The SMILES string of the molecule is CCCC(NC(=O)[C@@H]1CC2(CN1C(=O)[C@@H](NC(=O)[C@@H](NC(=O)c1cnccn1)C1CCCCC1)C(C)(C)C)N(C)C(=O)[C@H]1CCCN12)C(=O)C(=O)NC(C)C. The normalized spacial score (nSPS) is 24.7. The van der Waals surface area contributed by atoms with Crippen molar-refractivity contribution in [2.75, 3.05) is 20.1 Å². The third kappa shape index (κ3) is 8.84. The molecule has 1 spiro atoms. The Morgan fingerprint density at radius 2 is 1.65 bits per heavy atom. The van der Waals surface area contributed by atoms with Crippen LogP contribution >= 0.6 is 0 Å². The Bertz CT molecular complexity index is 1630. The molecule has 3 saturated heterocycles. The summed E-state index contributed by atoms with van der Waals surface area (Å²) in [5.74, 6) is -4.06. The zero-order valence-corrected chi connectivity index (χ0v) is 33.4. The van der Waals surface area contributed by atoms with Gasteiger partial charge < -0.3 is 31.1 Å². The lowest BCUT2D eigenvalue weighted by Gasteiger charge is -2.39. The van der Waals surface area contributed by atoms with Crippen LogP contribution in [0.15, 0.2) is 18.6 Å². The fourth-order valence-corrected chi connectivity index (χ4v) is 8.79. The van der Waals surface area contributed by atoms with Crippen molar-refractivity contribution in [1.29, 1.82) is 0 Å². The van der Waals surface area contributed by atoms with Crippen molar-refractivity contribution >= 4 is 41.2 Å². The number of aromatic nitrogens is 2. The number of Topliss-reactive ketones (excluding diaryl/α,β-unsaturated/α-hetero) is 1. The zero-order valence-electron chi connectivity index (χ0n) is 33.4. The van der Waals surface area contributed by atoms with Crippen LogP contribution < -0.4 is 21.3 Å². The van der Waals surface area contributed by atoms with Gasteiger partial charge in [0.15, 0.2) is 0 Å². The number of amides is 6. The maximum absolute atomic E-state index is 15.1. The van der Waals surface area contributed by atoms with Crippen molar-refractivity contribution in [3.63, 3.8) is 0 Å². The monoisotopic (exact) mass is 765 g/mol. The molecule has 1 aromatic heterocycles. The topological polar surface area (TPSA) is 203 Å². The number of hydrogen-bond donors (Lipinski definition) is 4. The standard InChI is InChI=1S/C39H59N9O7/c1-8-13-25(30(49)35(53)42-23(2)3)43-33(51)28-20-39(46(7)36(54)27-16-12-19-48(27)39)22-47(28)37(55)31(38(4,5)6)45-34(52)29(24-14-10-9-11-15-24)44-32(50)26-21-40-17-18-41-26/h17-18,21,23-25,27-29,31H,8-16,19-20,22H2,1-7H3,(H,42,53)(H,43,51)(H,44,50)(H,45,52)/t25?,27-,28+,29+,31-,39?/m1/s1. The highest BCUT2D eigenvalue weighted by molar-refractivity contribution is 6.38. The molecule has 2 unspecified atom stereocenters. The fourth-order valence-electron chi connectivity index (χ4n) is 8.79. The summed E-state index contributed by atoms with van der Waals surface area (Å²) < 4.78 is 0. The average Bonchev–Trinajstić information content (AvgIpc) is 3.85. The van der Waals surface area contributed by atoms with Crippen LogP contribution in [0.5, 0.6) is 0 Å². The van der Waals surface area contributed by atoms with Crippen LogP contribution in [0.3, 0.4) is 0 Å². The summed E-state index contributed by atoms with van der Waals surface area (Å²) in [5.41, 5.74) is -1.79. The van der Waals surface area contributed by atoms with Gasteiger partial charge in [-0.1, -0.05) is 53.4 Å². The van der Waals surface area contributed by atoms with Gasteiger partial charge in [-0.15, -0.1) is 0 Å². The molecule has 4 heterocycles. The third-order valence-electron chi connectivity index (χ3n) is 11.7. The molecule has 1 saturated carbocycles. The summed E-state index contributed by atoms with van der Waals surface area (Å²) in [7, 11) is 1.70. The Morgan fingerprint density at radius 3 is 2.27 bits per heavy atom. The fraction of sp³-hybridized carbons (Fsp3) is 0.718. The molecule has 3 aliphatic heterocycles. The molecular formula is C39H59N9O7. The van der Waals surface area contributed by atoms with Gasteiger partial charge in [0.1, 0.15) is 29.5 Å². The molecule has 4 aliphatic rings. The van der Waals surface area contributed by atoms with E-state index in [-0.39, 0.29) is 49.0 Å². The third-order valence-corrected chi connectivity index (χ3v) is 11.7. The van der Waals surface area contributed by atoms with E-state index in [0.717, 1.165) is 25.7 Å². The molecule has 1 aliphatic carbocycles. The van der Waals surface area contributed by atoms with E-state index < -0.39 is 70.6 Å². The Hall–Kier alpha value is -4.47. The van der Waals surface area contributed by atoms with Crippen molar-refractivity contribution in [3.8, 4) is 0 Å². The number of fused-ring (bicyclic) bond motifs is 2. The van der Waals surface area contributed by atoms with E-state index >= 15 is 4.79 Å². The van der Waals surface area contributed by atoms with Gasteiger partial charge in [-0.25, -0.2) is 4.98 Å². The van der Waals surface area contributed by atoms with Gasteiger partial charge in [-0.2, -0.15) is 0 Å². The number of nitrogens with one attached hydrogen (secondary N) is 4. The summed E-state index contributed by atoms with van der Waals surface area (Å²) in [6.45, 7) is 11.4. The molecule has 4 N–H and O–H groups in total. The highest BCUT2D eigenvalue weighted by Crippen LogP contribution is 2.45. The van der Waals surface area contributed by atoms with Crippen molar-refractivity contribution < 1.29 is 33.6 Å². The van der Waals surface area contributed by atoms with Crippen LogP contribution in [-0.2, 0) is 28.8 Å². The number of likely N-dealkylation sites (N-methyl/N-ethyl adjacent to an activating group) is 1. The Labute approximate surface area is 323 Å². The molecule has 6 atom stereocenters. The van der Waals surface area contributed by atoms with E-state index in [1.807, 2.05) is 27.7 Å². The molecule has 6 amide bonds. The smallest absolute Gasteiger partial charge is 0.289 e. The van der Waals surface area contributed by atoms with E-state index in [2.05, 4.69) is 36.1 Å². The average molecular weight is 766 g/mol. The summed E-state index contributed by atoms with van der Waals surface area (Å²) in [6, 6.07) is -5.02. The number of carbonyl (C=O) groups is 7. The number of ketones is 1. The lowest BCUT2D eigenvalue weighted by atomic mass is 9.82. The number of likely N-dealkylation sites (tertiary alicyclic amines) is 1. The van der Waals surface area contributed by atoms with Gasteiger partial charge in [0.2, 0.25) is 29.4 Å². The Balaban J connectivity index is 1.47. The van der Waals surface area contributed by atoms with Gasteiger partial charge in [0.25, 0.3) is 11.8 Å². The maximum Gasteiger partial charge on any atom is 0.289 e. The second-order valence-corrected chi connectivity index (χ2v) is 17.0. The Morgan fingerprint density at radius 1 is 0.945 bits per heavy atom. The molecular weight excluding hydrogens is 706 g/mol. The lowest BCUT2D eigenvalue weighted by molar-refractivity contribution is -0.145. The van der Waals surface area contributed by atoms with Crippen LogP contribution in [0.4, 0.5) is 0 Å². The molecule has 55 heavy (non-hydrogen) atoms. The van der Waals surface area contributed by atoms with E-state index in [1.54, 1.807) is 25.8 Å². The minimum atomic E-state index is -1.15. The quantitative estimate of drug-likeness (QED) is 0.212. The van der Waals surface area contributed by atoms with Gasteiger partial charge in [0, 0.05) is 38.4 Å². The van der Waals surface area contributed by atoms with E-state index in [0.29, 0.717) is 32.2 Å². The number of rotatable bonds is 13. The second kappa shape index (κ2) is 17.1. The first-order chi connectivity index (χ1) is 26.0. The first-order valence-electron chi connectivity index (χ1n) is 19.9. The molecule has 16 nitrogen and oxygen atoms in total. The molecule has 4 fully saturated rings. The van der Waals surface area contributed by atoms with Crippen LogP contribution in [0.2, 0.25) is 0 Å². The van der Waals surface area contributed by atoms with Crippen molar-refractivity contribution in [3.05, 3.63) is 24.3 Å². The molecule has 16 heteroatoms. The number of carbonyl (C=O) groups excluding carboxylic acids is 7. The summed E-state index contributed by atoms with van der Waals surface area (Å²) in [6.07, 6.45) is 10.7. The van der Waals surface area contributed by atoms with Gasteiger partial charge >= 0.3 is 0 Å². The van der Waals surface area contributed by atoms with Gasteiger partial charge in [0.05, 0.1) is 24.8 Å².